The van der Waals surface area contributed by atoms with Crippen molar-refractivity contribution in [1.82, 2.24) is 0 Å². The third-order valence-corrected chi connectivity index (χ3v) is 3.34. The molecule has 0 unspecified atom stereocenters. The van der Waals surface area contributed by atoms with Gasteiger partial charge >= 0.3 is 6.36 Å². The van der Waals surface area contributed by atoms with Crippen molar-refractivity contribution in [1.29, 1.82) is 0 Å². The van der Waals surface area contributed by atoms with Crippen molar-refractivity contribution < 1.29 is 22.7 Å². The van der Waals surface area contributed by atoms with Gasteiger partial charge in [0, 0.05) is 29.6 Å². The molecule has 2 aromatic carbocycles. The molecular weight excluding hydrogens is 319 g/mol. The number of hydrogen-bond donors (Lipinski definition) is 1. The summed E-state index contributed by atoms with van der Waals surface area (Å²) in [7, 11) is 0. The average Bonchev–Trinajstić information content (AvgIpc) is 2.48. The molecule has 0 radical (unpaired) electrons. The predicted molar refractivity (Wildman–Crippen MR) is 86.1 cm³/mol. The van der Waals surface area contributed by atoms with Crippen LogP contribution in [0, 0.1) is 13.8 Å². The number of halogens is 3. The van der Waals surface area contributed by atoms with Crippen LogP contribution in [-0.4, -0.2) is 12.1 Å². The maximum atomic E-state index is 12.2. The molecule has 1 N–H and O–H groups in total. The first-order chi connectivity index (χ1) is 11.2. The van der Waals surface area contributed by atoms with Crippen LogP contribution in [0.2, 0.25) is 0 Å². The molecule has 2 rings (SSSR count). The summed E-state index contributed by atoms with van der Waals surface area (Å²) in [5, 5.41) is 2.75. The van der Waals surface area contributed by atoms with E-state index in [9.17, 15) is 18.0 Å². The summed E-state index contributed by atoms with van der Waals surface area (Å²) in [5.41, 5.74) is 3.03. The van der Waals surface area contributed by atoms with E-state index >= 15 is 0 Å². The lowest BCUT2D eigenvalue weighted by Gasteiger charge is -2.09. The van der Waals surface area contributed by atoms with Crippen molar-refractivity contribution in [2.45, 2.75) is 20.2 Å². The maximum absolute atomic E-state index is 12.2. The average molecular weight is 335 g/mol. The lowest BCUT2D eigenvalue weighted by atomic mass is 10.0. The molecular formula is C18H16F3NO2. The smallest absolute Gasteiger partial charge is 0.406 e. The topological polar surface area (TPSA) is 38.3 Å². The lowest BCUT2D eigenvalue weighted by molar-refractivity contribution is -0.274. The SMILES string of the molecule is Cc1ccc(C(=O)C=CNc2cccc(OC(F)(F)F)c2)cc1C. The van der Waals surface area contributed by atoms with E-state index < -0.39 is 6.36 Å². The van der Waals surface area contributed by atoms with Crippen LogP contribution in [-0.2, 0) is 0 Å². The molecule has 0 aliphatic heterocycles. The number of carbonyl (C=O) groups is 1. The van der Waals surface area contributed by atoms with Crippen molar-refractivity contribution in [2.75, 3.05) is 5.32 Å². The van der Waals surface area contributed by atoms with E-state index in [0.29, 0.717) is 11.3 Å². The van der Waals surface area contributed by atoms with Crippen molar-refractivity contribution in [3.8, 4) is 5.75 Å². The molecule has 0 aliphatic rings. The standard InChI is InChI=1S/C18H16F3NO2/c1-12-6-7-14(10-13(12)2)17(23)8-9-22-15-4-3-5-16(11-15)24-18(19,20)21/h3-11,22H,1-2H3. The fourth-order valence-corrected chi connectivity index (χ4v) is 1.99. The van der Waals surface area contributed by atoms with Gasteiger partial charge in [-0.15, -0.1) is 13.2 Å². The third-order valence-electron chi connectivity index (χ3n) is 3.34. The summed E-state index contributed by atoms with van der Waals surface area (Å²) in [6.45, 7) is 3.87. The zero-order valence-corrected chi connectivity index (χ0v) is 13.1. The van der Waals surface area contributed by atoms with E-state index in [0.717, 1.165) is 11.1 Å². The zero-order chi connectivity index (χ0) is 17.7. The molecule has 0 saturated carbocycles. The number of ether oxygens (including phenoxy) is 1. The monoisotopic (exact) mass is 335 g/mol. The molecule has 24 heavy (non-hydrogen) atoms. The Kier molecular flexibility index (Phi) is 5.28. The summed E-state index contributed by atoms with van der Waals surface area (Å²) in [5.74, 6) is -0.533. The molecule has 126 valence electrons. The van der Waals surface area contributed by atoms with Crippen molar-refractivity contribution in [3.63, 3.8) is 0 Å². The molecule has 0 aliphatic carbocycles. The highest BCUT2D eigenvalue weighted by Crippen LogP contribution is 2.25. The Morgan fingerprint density at radius 2 is 1.83 bits per heavy atom. The molecule has 0 saturated heterocycles. The Morgan fingerprint density at radius 1 is 1.08 bits per heavy atom. The highest BCUT2D eigenvalue weighted by Gasteiger charge is 2.31. The number of benzene rings is 2. The Hall–Kier alpha value is -2.76. The van der Waals surface area contributed by atoms with E-state index in [2.05, 4.69) is 10.1 Å². The van der Waals surface area contributed by atoms with Gasteiger partial charge in [-0.2, -0.15) is 0 Å². The van der Waals surface area contributed by atoms with Gasteiger partial charge < -0.3 is 10.1 Å². The van der Waals surface area contributed by atoms with Gasteiger partial charge in [-0.05, 0) is 43.2 Å². The Labute approximate surface area is 137 Å². The molecule has 0 atom stereocenters. The van der Waals surface area contributed by atoms with Crippen molar-refractivity contribution in [3.05, 3.63) is 71.4 Å². The molecule has 0 aromatic heterocycles. The largest absolute Gasteiger partial charge is 0.573 e. The quantitative estimate of drug-likeness (QED) is 0.616. The molecule has 0 fully saturated rings. The second-order valence-electron chi connectivity index (χ2n) is 5.22. The predicted octanol–water partition coefficient (Wildman–Crippen LogP) is 5.01. The number of hydrogen-bond acceptors (Lipinski definition) is 3. The van der Waals surface area contributed by atoms with Crippen LogP contribution in [0.15, 0.2) is 54.7 Å². The minimum absolute atomic E-state index is 0.201. The number of aryl methyl sites for hydroxylation is 2. The summed E-state index contributed by atoms with van der Waals surface area (Å²) < 4.78 is 40.4. The normalized spacial score (nSPS) is 11.5. The fraction of sp³-hybridized carbons (Fsp3) is 0.167. The van der Waals surface area contributed by atoms with Crippen LogP contribution in [0.25, 0.3) is 0 Å². The summed E-state index contributed by atoms with van der Waals surface area (Å²) >= 11 is 0. The summed E-state index contributed by atoms with van der Waals surface area (Å²) in [6.07, 6.45) is -2.04. The van der Waals surface area contributed by atoms with E-state index in [1.54, 1.807) is 18.2 Å². The van der Waals surface area contributed by atoms with Gasteiger partial charge in [0.05, 0.1) is 0 Å². The highest BCUT2D eigenvalue weighted by molar-refractivity contribution is 6.04. The van der Waals surface area contributed by atoms with Gasteiger partial charge in [0.1, 0.15) is 5.75 Å². The first-order valence-corrected chi connectivity index (χ1v) is 7.15. The van der Waals surface area contributed by atoms with Gasteiger partial charge in [0.2, 0.25) is 0 Å². The molecule has 3 nitrogen and oxygen atoms in total. The van der Waals surface area contributed by atoms with E-state index in [-0.39, 0.29) is 11.5 Å². The minimum atomic E-state index is -4.74. The molecule has 2 aromatic rings. The van der Waals surface area contributed by atoms with Crippen molar-refractivity contribution in [2.24, 2.45) is 0 Å². The van der Waals surface area contributed by atoms with Crippen LogP contribution in [0.5, 0.6) is 5.75 Å². The third kappa shape index (κ3) is 5.15. The number of nitrogens with one attached hydrogen (secondary N) is 1. The number of ketones is 1. The number of allylic oxidation sites excluding steroid dienone is 1. The van der Waals surface area contributed by atoms with Gasteiger partial charge in [0.15, 0.2) is 5.78 Å². The van der Waals surface area contributed by atoms with Crippen LogP contribution >= 0.6 is 0 Å². The van der Waals surface area contributed by atoms with Crippen molar-refractivity contribution >= 4 is 11.5 Å². The Balaban J connectivity index is 2.02. The molecule has 0 spiro atoms. The Morgan fingerprint density at radius 3 is 2.50 bits per heavy atom. The summed E-state index contributed by atoms with van der Waals surface area (Å²) in [6, 6.07) is 10.8. The van der Waals surface area contributed by atoms with Gasteiger partial charge in [-0.25, -0.2) is 0 Å². The lowest BCUT2D eigenvalue weighted by Crippen LogP contribution is -2.17. The molecule has 0 bridgehead atoms. The zero-order valence-electron chi connectivity index (χ0n) is 13.1. The summed E-state index contributed by atoms with van der Waals surface area (Å²) in [4.78, 5) is 12.1. The molecule has 0 amide bonds. The second-order valence-corrected chi connectivity index (χ2v) is 5.22. The number of alkyl halides is 3. The van der Waals surface area contributed by atoms with Gasteiger partial charge in [-0.3, -0.25) is 4.79 Å². The van der Waals surface area contributed by atoms with Crippen LogP contribution in [0.3, 0.4) is 0 Å². The minimum Gasteiger partial charge on any atom is -0.406 e. The second kappa shape index (κ2) is 7.21. The van der Waals surface area contributed by atoms with E-state index in [1.807, 2.05) is 19.9 Å². The first kappa shape index (κ1) is 17.6. The fourth-order valence-electron chi connectivity index (χ4n) is 1.99. The van der Waals surface area contributed by atoms with E-state index in [1.165, 1.54) is 30.5 Å². The van der Waals surface area contributed by atoms with Crippen LogP contribution in [0.4, 0.5) is 18.9 Å². The Bertz CT molecular complexity index is 767. The number of anilines is 1. The highest BCUT2D eigenvalue weighted by atomic mass is 19.4. The van der Waals surface area contributed by atoms with Crippen LogP contribution in [0.1, 0.15) is 21.5 Å². The molecule has 0 heterocycles. The van der Waals surface area contributed by atoms with Crippen LogP contribution < -0.4 is 10.1 Å². The van der Waals surface area contributed by atoms with Gasteiger partial charge in [0.25, 0.3) is 0 Å². The maximum Gasteiger partial charge on any atom is 0.573 e. The molecule has 6 heteroatoms. The number of carbonyl (C=O) groups excluding carboxylic acids is 1. The van der Waals surface area contributed by atoms with Gasteiger partial charge in [-0.1, -0.05) is 18.2 Å². The number of rotatable bonds is 5. The first-order valence-electron chi connectivity index (χ1n) is 7.15. The van der Waals surface area contributed by atoms with E-state index in [4.69, 9.17) is 0 Å².